The second kappa shape index (κ2) is 2.41. The fraction of sp³-hybridized carbons (Fsp3) is 0.444. The van der Waals surface area contributed by atoms with Gasteiger partial charge in [-0.2, -0.15) is 0 Å². The third-order valence-electron chi connectivity index (χ3n) is 2.17. The first-order valence-corrected chi connectivity index (χ1v) is 3.80. The van der Waals surface area contributed by atoms with Crippen LogP contribution >= 0.6 is 0 Å². The van der Waals surface area contributed by atoms with Crippen LogP contribution in [0.3, 0.4) is 0 Å². The predicted molar refractivity (Wildman–Crippen MR) is 43.3 cm³/mol. The van der Waals surface area contributed by atoms with Crippen LogP contribution in [-0.2, 0) is 0 Å². The second-order valence-electron chi connectivity index (χ2n) is 2.85. The van der Waals surface area contributed by atoms with E-state index in [2.05, 4.69) is 23.2 Å². The fourth-order valence-corrected chi connectivity index (χ4v) is 1.51. The maximum atomic E-state index is 4.22. The van der Waals surface area contributed by atoms with Crippen molar-refractivity contribution in [2.75, 3.05) is 6.54 Å². The number of hydrogen-bond acceptors (Lipinski definition) is 1. The molecule has 0 amide bonds. The van der Waals surface area contributed by atoms with E-state index in [0.717, 1.165) is 25.3 Å². The third kappa shape index (κ3) is 0.919. The lowest BCUT2D eigenvalue weighted by Crippen LogP contribution is -2.01. The monoisotopic (exact) mass is 133 g/mol. The molecule has 0 aromatic rings. The van der Waals surface area contributed by atoms with Crippen molar-refractivity contribution in [1.82, 2.24) is 0 Å². The van der Waals surface area contributed by atoms with E-state index in [1.165, 1.54) is 0 Å². The molecule has 10 heavy (non-hydrogen) atoms. The minimum atomic E-state index is 0.731. The quantitative estimate of drug-likeness (QED) is 0.518. The number of nitrogens with zero attached hydrogens (tertiary/aromatic N) is 1. The van der Waals surface area contributed by atoms with Crippen molar-refractivity contribution in [3.8, 4) is 0 Å². The van der Waals surface area contributed by atoms with Gasteiger partial charge in [0.2, 0.25) is 0 Å². The first kappa shape index (κ1) is 5.90. The summed E-state index contributed by atoms with van der Waals surface area (Å²) >= 11 is 0. The number of aliphatic imine (C=N–C) groups is 1. The predicted octanol–water partition coefficient (Wildman–Crippen LogP) is 1.96. The molecule has 2 aliphatic rings. The van der Waals surface area contributed by atoms with E-state index in [0.29, 0.717) is 0 Å². The van der Waals surface area contributed by atoms with Crippen molar-refractivity contribution in [3.63, 3.8) is 0 Å². The fourth-order valence-electron chi connectivity index (χ4n) is 1.51. The van der Waals surface area contributed by atoms with E-state index in [1.807, 2.05) is 6.21 Å². The lowest BCUT2D eigenvalue weighted by molar-refractivity contribution is 0.685. The van der Waals surface area contributed by atoms with Crippen molar-refractivity contribution in [2.45, 2.75) is 12.8 Å². The molecule has 52 valence electrons. The Labute approximate surface area is 61.2 Å². The van der Waals surface area contributed by atoms with Crippen LogP contribution in [0.2, 0.25) is 0 Å². The number of hydrogen-bond donors (Lipinski definition) is 0. The Morgan fingerprint density at radius 2 is 2.50 bits per heavy atom. The molecule has 1 heterocycles. The van der Waals surface area contributed by atoms with Crippen molar-refractivity contribution >= 4 is 6.21 Å². The lowest BCUT2D eigenvalue weighted by Gasteiger charge is -2.07. The van der Waals surface area contributed by atoms with Gasteiger partial charge < -0.3 is 0 Å². The molecule has 1 atom stereocenters. The smallest absolute Gasteiger partial charge is 0.0454 e. The van der Waals surface area contributed by atoms with Crippen LogP contribution in [0, 0.1) is 5.92 Å². The molecule has 1 aliphatic heterocycles. The summed E-state index contributed by atoms with van der Waals surface area (Å²) in [7, 11) is 0. The van der Waals surface area contributed by atoms with Gasteiger partial charge in [-0.3, -0.25) is 4.99 Å². The maximum Gasteiger partial charge on any atom is 0.0454 e. The standard InChI is InChI=1S/C9H11N/c1-2-4-8(3-1)9-5-6-10-7-9/h1-3,6,9H,4-5,7H2. The second-order valence-corrected chi connectivity index (χ2v) is 2.85. The van der Waals surface area contributed by atoms with Gasteiger partial charge in [0.05, 0.1) is 0 Å². The van der Waals surface area contributed by atoms with Gasteiger partial charge in [0, 0.05) is 12.5 Å². The molecule has 1 nitrogen and oxygen atoms in total. The molecule has 0 saturated heterocycles. The van der Waals surface area contributed by atoms with Gasteiger partial charge in [0.1, 0.15) is 0 Å². The molecular formula is C9H11N. The molecule has 0 aromatic heterocycles. The van der Waals surface area contributed by atoms with E-state index >= 15 is 0 Å². The molecule has 1 unspecified atom stereocenters. The molecule has 0 fully saturated rings. The Morgan fingerprint density at radius 1 is 1.50 bits per heavy atom. The van der Waals surface area contributed by atoms with Crippen molar-refractivity contribution in [1.29, 1.82) is 0 Å². The van der Waals surface area contributed by atoms with Crippen LogP contribution in [0.15, 0.2) is 28.8 Å². The Morgan fingerprint density at radius 3 is 3.10 bits per heavy atom. The summed E-state index contributed by atoms with van der Waals surface area (Å²) in [4.78, 5) is 4.22. The largest absolute Gasteiger partial charge is 0.297 e. The van der Waals surface area contributed by atoms with Crippen LogP contribution < -0.4 is 0 Å². The summed E-state index contributed by atoms with van der Waals surface area (Å²) in [5.41, 5.74) is 1.57. The highest BCUT2D eigenvalue weighted by atomic mass is 14.7. The zero-order valence-electron chi connectivity index (χ0n) is 5.96. The van der Waals surface area contributed by atoms with E-state index in [4.69, 9.17) is 0 Å². The molecule has 0 aromatic carbocycles. The van der Waals surface area contributed by atoms with Gasteiger partial charge in [-0.05, 0) is 19.1 Å². The summed E-state index contributed by atoms with van der Waals surface area (Å²) in [6, 6.07) is 0. The van der Waals surface area contributed by atoms with Gasteiger partial charge in [-0.25, -0.2) is 0 Å². The van der Waals surface area contributed by atoms with E-state index in [9.17, 15) is 0 Å². The van der Waals surface area contributed by atoms with Crippen molar-refractivity contribution < 1.29 is 0 Å². The molecule has 1 aliphatic carbocycles. The zero-order valence-corrected chi connectivity index (χ0v) is 5.96. The number of rotatable bonds is 1. The van der Waals surface area contributed by atoms with Gasteiger partial charge >= 0.3 is 0 Å². The molecule has 0 spiro atoms. The molecular weight excluding hydrogens is 122 g/mol. The van der Waals surface area contributed by atoms with Crippen LogP contribution in [0.5, 0.6) is 0 Å². The van der Waals surface area contributed by atoms with Gasteiger partial charge in [0.15, 0.2) is 0 Å². The Kier molecular flexibility index (Phi) is 1.42. The highest BCUT2D eigenvalue weighted by Crippen LogP contribution is 2.25. The van der Waals surface area contributed by atoms with Crippen LogP contribution in [0.4, 0.5) is 0 Å². The average Bonchev–Trinajstić information content (AvgIpc) is 2.59. The highest BCUT2D eigenvalue weighted by molar-refractivity contribution is 5.61. The van der Waals surface area contributed by atoms with E-state index in [1.54, 1.807) is 5.57 Å². The minimum absolute atomic E-state index is 0.731. The summed E-state index contributed by atoms with van der Waals surface area (Å²) in [5.74, 6) is 0.731. The van der Waals surface area contributed by atoms with E-state index < -0.39 is 0 Å². The first-order valence-electron chi connectivity index (χ1n) is 3.80. The third-order valence-corrected chi connectivity index (χ3v) is 2.17. The minimum Gasteiger partial charge on any atom is -0.297 e. The number of allylic oxidation sites excluding steroid dienone is 3. The van der Waals surface area contributed by atoms with Crippen molar-refractivity contribution in [3.05, 3.63) is 23.8 Å². The van der Waals surface area contributed by atoms with Crippen LogP contribution in [-0.4, -0.2) is 12.8 Å². The topological polar surface area (TPSA) is 12.4 Å². The van der Waals surface area contributed by atoms with Gasteiger partial charge in [-0.1, -0.05) is 23.8 Å². The molecule has 0 saturated carbocycles. The molecule has 2 rings (SSSR count). The molecule has 0 radical (unpaired) electrons. The van der Waals surface area contributed by atoms with E-state index in [-0.39, 0.29) is 0 Å². The van der Waals surface area contributed by atoms with Crippen molar-refractivity contribution in [2.24, 2.45) is 10.9 Å². The Balaban J connectivity index is 2.01. The lowest BCUT2D eigenvalue weighted by atomic mass is 9.97. The van der Waals surface area contributed by atoms with Gasteiger partial charge in [0.25, 0.3) is 0 Å². The SMILES string of the molecule is C1=CCC(C2CC=NC2)=C1. The molecule has 0 bridgehead atoms. The Hall–Kier alpha value is -0.850. The molecule has 1 heteroatoms. The van der Waals surface area contributed by atoms with Gasteiger partial charge in [-0.15, -0.1) is 0 Å². The highest BCUT2D eigenvalue weighted by Gasteiger charge is 2.16. The normalized spacial score (nSPS) is 29.6. The average molecular weight is 133 g/mol. The first-order chi connectivity index (χ1) is 4.97. The summed E-state index contributed by atoms with van der Waals surface area (Å²) in [6.07, 6.45) is 11.0. The van der Waals surface area contributed by atoms with Crippen LogP contribution in [0.25, 0.3) is 0 Å². The summed E-state index contributed by atoms with van der Waals surface area (Å²) in [5, 5.41) is 0. The Bertz CT molecular complexity index is 203. The summed E-state index contributed by atoms with van der Waals surface area (Å²) in [6.45, 7) is 1.02. The summed E-state index contributed by atoms with van der Waals surface area (Å²) < 4.78 is 0. The maximum absolute atomic E-state index is 4.22. The molecule has 0 N–H and O–H groups in total. The zero-order chi connectivity index (χ0) is 6.81. The van der Waals surface area contributed by atoms with Crippen LogP contribution in [0.1, 0.15) is 12.8 Å².